The zero-order chi connectivity index (χ0) is 10.0. The number of carbonyl (C=O) groups is 1. The molecule has 1 fully saturated rings. The molecule has 0 aromatic carbocycles. The van der Waals surface area contributed by atoms with Crippen molar-refractivity contribution in [2.45, 2.75) is 24.8 Å². The van der Waals surface area contributed by atoms with Crippen molar-refractivity contribution < 1.29 is 4.79 Å². The summed E-state index contributed by atoms with van der Waals surface area (Å²) in [4.78, 5) is 14.9. The van der Waals surface area contributed by atoms with Gasteiger partial charge in [-0.25, -0.2) is 4.98 Å². The van der Waals surface area contributed by atoms with Crippen LogP contribution in [0.15, 0.2) is 5.38 Å². The van der Waals surface area contributed by atoms with E-state index >= 15 is 0 Å². The lowest BCUT2D eigenvalue weighted by molar-refractivity contribution is -0.112. The van der Waals surface area contributed by atoms with Gasteiger partial charge < -0.3 is 10.6 Å². The van der Waals surface area contributed by atoms with Gasteiger partial charge in [-0.3, -0.25) is 4.79 Å². The molecule has 0 unspecified atom stereocenters. The fourth-order valence-electron chi connectivity index (χ4n) is 1.73. The van der Waals surface area contributed by atoms with Crippen LogP contribution in [-0.2, 0) is 10.3 Å². The molecule has 4 nitrogen and oxygen atoms in total. The van der Waals surface area contributed by atoms with Gasteiger partial charge >= 0.3 is 0 Å². The molecule has 0 bridgehead atoms. The van der Waals surface area contributed by atoms with Crippen LogP contribution in [0.1, 0.15) is 25.0 Å². The summed E-state index contributed by atoms with van der Waals surface area (Å²) in [6.07, 6.45) is 3.93. The van der Waals surface area contributed by atoms with E-state index in [1.54, 1.807) is 11.3 Å². The standard InChI is InChI=1S/C9H13N3OS/c1-10-8-12-7(5-14-8)9(11-6-13)3-2-4-9/h5-6H,2-4H2,1H3,(H,10,12)(H,11,13). The molecule has 1 amide bonds. The Morgan fingerprint density at radius 3 is 2.86 bits per heavy atom. The average molecular weight is 211 g/mol. The molecule has 1 aromatic rings. The van der Waals surface area contributed by atoms with E-state index < -0.39 is 0 Å². The van der Waals surface area contributed by atoms with Gasteiger partial charge in [-0.1, -0.05) is 0 Å². The molecule has 1 aromatic heterocycles. The first-order valence-electron chi connectivity index (χ1n) is 4.66. The Balaban J connectivity index is 2.22. The van der Waals surface area contributed by atoms with Crippen LogP contribution >= 0.6 is 11.3 Å². The summed E-state index contributed by atoms with van der Waals surface area (Å²) in [5.74, 6) is 0. The van der Waals surface area contributed by atoms with Crippen molar-refractivity contribution in [3.05, 3.63) is 11.1 Å². The van der Waals surface area contributed by atoms with Crippen molar-refractivity contribution in [3.8, 4) is 0 Å². The molecule has 5 heteroatoms. The number of anilines is 1. The number of amides is 1. The first kappa shape index (κ1) is 9.45. The molecule has 1 saturated carbocycles. The number of hydrogen-bond acceptors (Lipinski definition) is 4. The summed E-state index contributed by atoms with van der Waals surface area (Å²) in [6.45, 7) is 0. The van der Waals surface area contributed by atoms with Gasteiger partial charge in [0.05, 0.1) is 11.2 Å². The Bertz CT molecular complexity index is 333. The Kier molecular flexibility index (Phi) is 2.41. The van der Waals surface area contributed by atoms with E-state index in [0.29, 0.717) is 0 Å². The van der Waals surface area contributed by atoms with E-state index in [4.69, 9.17) is 0 Å². The molecular formula is C9H13N3OS. The minimum atomic E-state index is -0.173. The van der Waals surface area contributed by atoms with Gasteiger partial charge in [0.25, 0.3) is 0 Å². The van der Waals surface area contributed by atoms with E-state index in [-0.39, 0.29) is 5.54 Å². The van der Waals surface area contributed by atoms with Crippen molar-refractivity contribution in [1.29, 1.82) is 0 Å². The third-order valence-electron chi connectivity index (χ3n) is 2.75. The number of nitrogens with one attached hydrogen (secondary N) is 2. The second kappa shape index (κ2) is 3.57. The highest BCUT2D eigenvalue weighted by Gasteiger charge is 2.40. The molecule has 2 rings (SSSR count). The largest absolute Gasteiger partial charge is 0.365 e. The van der Waals surface area contributed by atoms with Gasteiger partial charge in [-0.2, -0.15) is 0 Å². The highest BCUT2D eigenvalue weighted by Crippen LogP contribution is 2.41. The number of thiazole rings is 1. The van der Waals surface area contributed by atoms with E-state index in [0.717, 1.165) is 36.5 Å². The molecule has 1 aliphatic rings. The van der Waals surface area contributed by atoms with Crippen molar-refractivity contribution in [2.24, 2.45) is 0 Å². The number of rotatable bonds is 4. The third-order valence-corrected chi connectivity index (χ3v) is 3.61. The molecule has 0 spiro atoms. The van der Waals surface area contributed by atoms with E-state index in [1.165, 1.54) is 0 Å². The summed E-state index contributed by atoms with van der Waals surface area (Å²) in [7, 11) is 1.85. The van der Waals surface area contributed by atoms with Gasteiger partial charge in [0.2, 0.25) is 6.41 Å². The second-order valence-corrected chi connectivity index (χ2v) is 4.34. The molecule has 0 atom stereocenters. The average Bonchev–Trinajstić information content (AvgIpc) is 2.59. The highest BCUT2D eigenvalue weighted by molar-refractivity contribution is 7.13. The third kappa shape index (κ3) is 1.37. The van der Waals surface area contributed by atoms with Gasteiger partial charge in [0.15, 0.2) is 5.13 Å². The van der Waals surface area contributed by atoms with E-state index in [2.05, 4.69) is 15.6 Å². The number of carbonyl (C=O) groups excluding carboxylic acids is 1. The minimum Gasteiger partial charge on any atom is -0.365 e. The Hall–Kier alpha value is -1.10. The number of nitrogens with zero attached hydrogens (tertiary/aromatic N) is 1. The summed E-state index contributed by atoms with van der Waals surface area (Å²) in [6, 6.07) is 0. The summed E-state index contributed by atoms with van der Waals surface area (Å²) in [5, 5.41) is 8.80. The zero-order valence-corrected chi connectivity index (χ0v) is 8.86. The van der Waals surface area contributed by atoms with Crippen LogP contribution in [0.4, 0.5) is 5.13 Å². The molecule has 1 heterocycles. The van der Waals surface area contributed by atoms with Crippen molar-refractivity contribution in [1.82, 2.24) is 10.3 Å². The molecule has 1 aliphatic carbocycles. The van der Waals surface area contributed by atoms with E-state index in [1.807, 2.05) is 12.4 Å². The van der Waals surface area contributed by atoms with Crippen LogP contribution in [0.25, 0.3) is 0 Å². The van der Waals surface area contributed by atoms with E-state index in [9.17, 15) is 4.79 Å². The highest BCUT2D eigenvalue weighted by atomic mass is 32.1. The van der Waals surface area contributed by atoms with Crippen LogP contribution in [-0.4, -0.2) is 18.4 Å². The Labute approximate surface area is 86.7 Å². The Morgan fingerprint density at radius 2 is 2.43 bits per heavy atom. The van der Waals surface area contributed by atoms with Gasteiger partial charge in [-0.05, 0) is 19.3 Å². The summed E-state index contributed by atoms with van der Waals surface area (Å²) >= 11 is 1.57. The van der Waals surface area contributed by atoms with Gasteiger partial charge in [-0.15, -0.1) is 11.3 Å². The predicted molar refractivity (Wildman–Crippen MR) is 56.4 cm³/mol. The molecule has 0 aliphatic heterocycles. The lowest BCUT2D eigenvalue weighted by Gasteiger charge is -2.39. The smallest absolute Gasteiger partial charge is 0.207 e. The maximum absolute atomic E-state index is 10.5. The topological polar surface area (TPSA) is 54.0 Å². The van der Waals surface area contributed by atoms with Crippen molar-refractivity contribution >= 4 is 22.9 Å². The maximum Gasteiger partial charge on any atom is 0.207 e. The second-order valence-electron chi connectivity index (χ2n) is 3.49. The first-order valence-corrected chi connectivity index (χ1v) is 5.54. The van der Waals surface area contributed by atoms with Crippen LogP contribution in [0.3, 0.4) is 0 Å². The number of aromatic nitrogens is 1. The van der Waals surface area contributed by atoms with Crippen LogP contribution < -0.4 is 10.6 Å². The van der Waals surface area contributed by atoms with Gasteiger partial charge in [0.1, 0.15) is 0 Å². The monoisotopic (exact) mass is 211 g/mol. The predicted octanol–water partition coefficient (Wildman–Crippen LogP) is 1.31. The Morgan fingerprint density at radius 1 is 1.64 bits per heavy atom. The van der Waals surface area contributed by atoms with Crippen LogP contribution in [0, 0.1) is 0 Å². The molecule has 0 radical (unpaired) electrons. The van der Waals surface area contributed by atoms with Gasteiger partial charge in [0, 0.05) is 12.4 Å². The molecule has 2 N–H and O–H groups in total. The van der Waals surface area contributed by atoms with Crippen LogP contribution in [0.2, 0.25) is 0 Å². The summed E-state index contributed by atoms with van der Waals surface area (Å²) < 4.78 is 0. The van der Waals surface area contributed by atoms with Crippen molar-refractivity contribution in [3.63, 3.8) is 0 Å². The first-order chi connectivity index (χ1) is 6.80. The van der Waals surface area contributed by atoms with Crippen molar-refractivity contribution in [2.75, 3.05) is 12.4 Å². The molecular weight excluding hydrogens is 198 g/mol. The molecule has 14 heavy (non-hydrogen) atoms. The molecule has 0 saturated heterocycles. The van der Waals surface area contributed by atoms with Crippen LogP contribution in [0.5, 0.6) is 0 Å². The molecule has 76 valence electrons. The maximum atomic E-state index is 10.5. The lowest BCUT2D eigenvalue weighted by Crippen LogP contribution is -2.47. The normalized spacial score (nSPS) is 18.4. The number of hydrogen-bond donors (Lipinski definition) is 2. The quantitative estimate of drug-likeness (QED) is 0.738. The minimum absolute atomic E-state index is 0.173. The zero-order valence-electron chi connectivity index (χ0n) is 8.04. The fraction of sp³-hybridized carbons (Fsp3) is 0.556. The fourth-order valence-corrected chi connectivity index (χ4v) is 2.50. The summed E-state index contributed by atoms with van der Waals surface area (Å²) in [5.41, 5.74) is 0.818. The SMILES string of the molecule is CNc1nc(C2(NC=O)CCC2)cs1. The lowest BCUT2D eigenvalue weighted by atomic mass is 9.75.